The third-order valence-electron chi connectivity index (χ3n) is 3.61. The fourth-order valence-electron chi connectivity index (χ4n) is 2.31. The predicted molar refractivity (Wildman–Crippen MR) is 86.0 cm³/mol. The Hall–Kier alpha value is -3.40. The molecule has 1 atom stereocenters. The van der Waals surface area contributed by atoms with E-state index >= 15 is 0 Å². The van der Waals surface area contributed by atoms with Gasteiger partial charge in [-0.3, -0.25) is 0 Å². The number of aromatic carboxylic acids is 1. The summed E-state index contributed by atoms with van der Waals surface area (Å²) in [6.45, 7) is 1.34. The van der Waals surface area contributed by atoms with Gasteiger partial charge in [0.25, 0.3) is 0 Å². The first-order valence-corrected chi connectivity index (χ1v) is 7.41. The highest BCUT2D eigenvalue weighted by Gasteiger charge is 2.13. The maximum atomic E-state index is 13.3. The second kappa shape index (κ2) is 6.61. The molecular weight excluding hydrogens is 327 g/mol. The lowest BCUT2D eigenvalue weighted by Gasteiger charge is -2.08. The Labute approximate surface area is 142 Å². The van der Waals surface area contributed by atoms with Crippen molar-refractivity contribution in [3.63, 3.8) is 0 Å². The van der Waals surface area contributed by atoms with Crippen molar-refractivity contribution < 1.29 is 23.4 Å². The molecule has 126 valence electrons. The Kier molecular flexibility index (Phi) is 4.35. The summed E-state index contributed by atoms with van der Waals surface area (Å²) in [4.78, 5) is 15.2. The fraction of sp³-hybridized carbons (Fsp3) is 0.167. The zero-order valence-corrected chi connectivity index (χ0v) is 13.2. The summed E-state index contributed by atoms with van der Waals surface area (Å²) in [7, 11) is 0. The number of fused-ring (bicyclic) bond motifs is 1. The number of halogens is 1. The number of hydrogen-bond acceptors (Lipinski definition) is 5. The standard InChI is InChI=1S/C18H13FN2O4/c1-10(19)11-3-5-15(13(6-11)8-20)24-9-17-21-14-4-2-12(18(22)23)7-16(14)25-17/h2-7,10H,9H2,1H3,(H,22,23). The number of alkyl halides is 1. The minimum absolute atomic E-state index is 0.0453. The van der Waals surface area contributed by atoms with Crippen molar-refractivity contribution in [2.45, 2.75) is 19.7 Å². The number of oxazole rings is 1. The molecule has 1 aromatic heterocycles. The van der Waals surface area contributed by atoms with E-state index in [1.807, 2.05) is 6.07 Å². The molecule has 6 nitrogen and oxygen atoms in total. The molecule has 3 aromatic rings. The smallest absolute Gasteiger partial charge is 0.335 e. The van der Waals surface area contributed by atoms with Gasteiger partial charge in [0.2, 0.25) is 5.89 Å². The van der Waals surface area contributed by atoms with E-state index in [-0.39, 0.29) is 23.6 Å². The van der Waals surface area contributed by atoms with E-state index in [9.17, 15) is 14.4 Å². The highest BCUT2D eigenvalue weighted by molar-refractivity contribution is 5.91. The van der Waals surface area contributed by atoms with Crippen LogP contribution in [0.25, 0.3) is 11.1 Å². The van der Waals surface area contributed by atoms with Gasteiger partial charge in [-0.05, 0) is 42.8 Å². The zero-order chi connectivity index (χ0) is 18.0. The van der Waals surface area contributed by atoms with Gasteiger partial charge in [-0.2, -0.15) is 5.26 Å². The number of benzene rings is 2. The summed E-state index contributed by atoms with van der Waals surface area (Å²) in [6.07, 6.45) is -1.18. The number of carboxylic acid groups (broad SMARTS) is 1. The molecule has 1 heterocycles. The molecule has 0 spiro atoms. The molecule has 0 aliphatic heterocycles. The van der Waals surface area contributed by atoms with E-state index in [4.69, 9.17) is 14.3 Å². The molecule has 0 aliphatic rings. The topological polar surface area (TPSA) is 96.3 Å². The third kappa shape index (κ3) is 3.43. The zero-order valence-electron chi connectivity index (χ0n) is 13.2. The van der Waals surface area contributed by atoms with E-state index in [2.05, 4.69) is 4.98 Å². The number of carboxylic acids is 1. The van der Waals surface area contributed by atoms with E-state index < -0.39 is 12.1 Å². The lowest BCUT2D eigenvalue weighted by Crippen LogP contribution is -1.98. The minimum Gasteiger partial charge on any atom is -0.482 e. The van der Waals surface area contributed by atoms with Crippen molar-refractivity contribution in [1.29, 1.82) is 5.26 Å². The molecule has 0 radical (unpaired) electrons. The average molecular weight is 340 g/mol. The van der Waals surface area contributed by atoms with Gasteiger partial charge in [0.05, 0.1) is 11.1 Å². The van der Waals surface area contributed by atoms with E-state index in [1.54, 1.807) is 12.1 Å². The van der Waals surface area contributed by atoms with Gasteiger partial charge in [-0.25, -0.2) is 14.2 Å². The molecule has 1 N–H and O–H groups in total. The molecule has 1 unspecified atom stereocenters. The largest absolute Gasteiger partial charge is 0.482 e. The van der Waals surface area contributed by atoms with Crippen LogP contribution in [0.1, 0.15) is 40.5 Å². The second-order valence-corrected chi connectivity index (χ2v) is 5.37. The number of nitriles is 1. The molecule has 25 heavy (non-hydrogen) atoms. The summed E-state index contributed by atoms with van der Waals surface area (Å²) in [5.41, 5.74) is 1.54. The van der Waals surface area contributed by atoms with Crippen molar-refractivity contribution in [3.8, 4) is 11.8 Å². The molecule has 2 aromatic carbocycles. The molecule has 0 bridgehead atoms. The Morgan fingerprint density at radius 3 is 2.88 bits per heavy atom. The molecule has 0 aliphatic carbocycles. The van der Waals surface area contributed by atoms with Crippen molar-refractivity contribution in [2.24, 2.45) is 0 Å². The van der Waals surface area contributed by atoms with Crippen LogP contribution in [0.2, 0.25) is 0 Å². The highest BCUT2D eigenvalue weighted by atomic mass is 19.1. The van der Waals surface area contributed by atoms with Crippen molar-refractivity contribution in [2.75, 3.05) is 0 Å². The van der Waals surface area contributed by atoms with Crippen LogP contribution in [0.3, 0.4) is 0 Å². The molecule has 3 rings (SSSR count). The monoisotopic (exact) mass is 340 g/mol. The van der Waals surface area contributed by atoms with Crippen LogP contribution in [0.15, 0.2) is 40.8 Å². The van der Waals surface area contributed by atoms with E-state index in [0.29, 0.717) is 22.4 Å². The van der Waals surface area contributed by atoms with Gasteiger partial charge in [-0.15, -0.1) is 0 Å². The average Bonchev–Trinajstić information content (AvgIpc) is 3.01. The summed E-state index contributed by atoms with van der Waals surface area (Å²) in [5.74, 6) is -0.526. The Balaban J connectivity index is 1.81. The lowest BCUT2D eigenvalue weighted by atomic mass is 10.1. The van der Waals surface area contributed by atoms with Crippen LogP contribution >= 0.6 is 0 Å². The Morgan fingerprint density at radius 2 is 2.20 bits per heavy atom. The predicted octanol–water partition coefficient (Wildman–Crippen LogP) is 4.01. The summed E-state index contributed by atoms with van der Waals surface area (Å²) >= 11 is 0. The SMILES string of the molecule is CC(F)c1ccc(OCc2nc3ccc(C(=O)O)cc3o2)c(C#N)c1. The van der Waals surface area contributed by atoms with Gasteiger partial charge >= 0.3 is 5.97 Å². The number of aromatic nitrogens is 1. The summed E-state index contributed by atoms with van der Waals surface area (Å²) < 4.78 is 24.3. The van der Waals surface area contributed by atoms with Crippen LogP contribution in [0.4, 0.5) is 4.39 Å². The number of ether oxygens (including phenoxy) is 1. The van der Waals surface area contributed by atoms with Crippen LogP contribution in [-0.4, -0.2) is 16.1 Å². The van der Waals surface area contributed by atoms with Crippen LogP contribution in [0.5, 0.6) is 5.75 Å². The summed E-state index contributed by atoms with van der Waals surface area (Å²) in [6, 6.07) is 10.8. The van der Waals surface area contributed by atoms with Crippen molar-refractivity contribution >= 4 is 17.1 Å². The molecule has 7 heteroatoms. The Morgan fingerprint density at radius 1 is 1.40 bits per heavy atom. The number of carbonyl (C=O) groups is 1. The van der Waals surface area contributed by atoms with E-state index in [0.717, 1.165) is 0 Å². The second-order valence-electron chi connectivity index (χ2n) is 5.37. The normalized spacial score (nSPS) is 11.9. The molecule has 0 saturated heterocycles. The minimum atomic E-state index is -1.18. The van der Waals surface area contributed by atoms with Gasteiger partial charge in [0.15, 0.2) is 12.2 Å². The number of hydrogen-bond donors (Lipinski definition) is 1. The van der Waals surface area contributed by atoms with Crippen molar-refractivity contribution in [3.05, 3.63) is 59.0 Å². The third-order valence-corrected chi connectivity index (χ3v) is 3.61. The van der Waals surface area contributed by atoms with Crippen molar-refractivity contribution in [1.82, 2.24) is 4.98 Å². The van der Waals surface area contributed by atoms with Crippen LogP contribution < -0.4 is 4.74 Å². The van der Waals surface area contributed by atoms with Crippen LogP contribution in [0, 0.1) is 11.3 Å². The molecular formula is C18H13FN2O4. The number of nitrogens with zero attached hydrogens (tertiary/aromatic N) is 2. The molecule has 0 fully saturated rings. The van der Waals surface area contributed by atoms with Gasteiger partial charge < -0.3 is 14.3 Å². The molecule has 0 amide bonds. The quantitative estimate of drug-likeness (QED) is 0.754. The van der Waals surface area contributed by atoms with Crippen LogP contribution in [-0.2, 0) is 6.61 Å². The summed E-state index contributed by atoms with van der Waals surface area (Å²) in [5, 5.41) is 18.1. The maximum absolute atomic E-state index is 13.3. The maximum Gasteiger partial charge on any atom is 0.335 e. The van der Waals surface area contributed by atoms with Gasteiger partial charge in [0.1, 0.15) is 23.5 Å². The number of rotatable bonds is 5. The van der Waals surface area contributed by atoms with Gasteiger partial charge in [-0.1, -0.05) is 6.07 Å². The lowest BCUT2D eigenvalue weighted by molar-refractivity contribution is 0.0697. The van der Waals surface area contributed by atoms with Gasteiger partial charge in [0, 0.05) is 0 Å². The van der Waals surface area contributed by atoms with E-state index in [1.165, 1.54) is 31.2 Å². The first kappa shape index (κ1) is 16.5. The first-order valence-electron chi connectivity index (χ1n) is 7.41. The Bertz CT molecular complexity index is 988. The highest BCUT2D eigenvalue weighted by Crippen LogP contribution is 2.26. The molecule has 0 saturated carbocycles. The first-order chi connectivity index (χ1) is 12.0. The fourth-order valence-corrected chi connectivity index (χ4v) is 2.31.